The van der Waals surface area contributed by atoms with Crippen molar-refractivity contribution in [3.05, 3.63) is 77.4 Å². The number of carbonyl (C=O) groups excluding carboxylic acids is 2. The highest BCUT2D eigenvalue weighted by Crippen LogP contribution is 2.28. The van der Waals surface area contributed by atoms with Crippen LogP contribution in [-0.4, -0.2) is 57.3 Å². The molecule has 3 aromatic rings. The Morgan fingerprint density at radius 2 is 1.42 bits per heavy atom. The maximum absolute atomic E-state index is 14.0. The van der Waals surface area contributed by atoms with Crippen LogP contribution < -0.4 is 0 Å². The number of rotatable bonds is 3. The Balaban J connectivity index is 1.36. The van der Waals surface area contributed by atoms with Gasteiger partial charge in [0.1, 0.15) is 17.3 Å². The van der Waals surface area contributed by atoms with Gasteiger partial charge < -0.3 is 14.4 Å². The number of piperazine rings is 1. The van der Waals surface area contributed by atoms with E-state index in [1.54, 1.807) is 21.9 Å². The molecule has 2 aromatic carbocycles. The SMILES string of the molecule is O=C(c1ccccc1F)N1CCN(C(=O)c2nc(-c3ccccc3)n3c2CCCCC3)CC1. The molecule has 2 aliphatic rings. The first kappa shape index (κ1) is 21.4. The van der Waals surface area contributed by atoms with E-state index in [-0.39, 0.29) is 17.4 Å². The molecule has 0 unspecified atom stereocenters. The largest absolute Gasteiger partial charge is 0.335 e. The minimum absolute atomic E-state index is 0.0733. The molecule has 2 aliphatic heterocycles. The zero-order valence-corrected chi connectivity index (χ0v) is 18.5. The third kappa shape index (κ3) is 4.15. The second-order valence-corrected chi connectivity index (χ2v) is 8.62. The second kappa shape index (κ2) is 9.17. The number of fused-ring (bicyclic) bond motifs is 1. The van der Waals surface area contributed by atoms with Crippen LogP contribution in [0, 0.1) is 5.82 Å². The molecule has 1 aromatic heterocycles. The van der Waals surface area contributed by atoms with Crippen LogP contribution in [-0.2, 0) is 13.0 Å². The summed E-state index contributed by atoms with van der Waals surface area (Å²) >= 11 is 0. The summed E-state index contributed by atoms with van der Waals surface area (Å²) in [7, 11) is 0. The molecule has 0 N–H and O–H groups in total. The van der Waals surface area contributed by atoms with E-state index in [9.17, 15) is 14.0 Å². The lowest BCUT2D eigenvalue weighted by molar-refractivity contribution is 0.0529. The first-order valence-corrected chi connectivity index (χ1v) is 11.6. The fourth-order valence-electron chi connectivity index (χ4n) is 4.77. The van der Waals surface area contributed by atoms with Gasteiger partial charge in [0.15, 0.2) is 0 Å². The molecule has 0 spiro atoms. The smallest absolute Gasteiger partial charge is 0.274 e. The highest BCUT2D eigenvalue weighted by atomic mass is 19.1. The van der Waals surface area contributed by atoms with Crippen molar-refractivity contribution in [2.24, 2.45) is 0 Å². The predicted molar refractivity (Wildman–Crippen MR) is 123 cm³/mol. The van der Waals surface area contributed by atoms with Crippen molar-refractivity contribution in [3.63, 3.8) is 0 Å². The third-order valence-corrected chi connectivity index (χ3v) is 6.56. The van der Waals surface area contributed by atoms with Crippen LogP contribution in [0.5, 0.6) is 0 Å². The molecule has 0 aliphatic carbocycles. The van der Waals surface area contributed by atoms with Gasteiger partial charge in [-0.15, -0.1) is 0 Å². The number of amides is 2. The van der Waals surface area contributed by atoms with Gasteiger partial charge in [0, 0.05) is 38.3 Å². The molecule has 170 valence electrons. The van der Waals surface area contributed by atoms with Crippen LogP contribution in [0.1, 0.15) is 45.8 Å². The van der Waals surface area contributed by atoms with E-state index < -0.39 is 5.82 Å². The van der Waals surface area contributed by atoms with Crippen molar-refractivity contribution in [1.82, 2.24) is 19.4 Å². The summed E-state index contributed by atoms with van der Waals surface area (Å²) in [6.07, 6.45) is 4.10. The maximum Gasteiger partial charge on any atom is 0.274 e. The molecule has 33 heavy (non-hydrogen) atoms. The Morgan fingerprint density at radius 3 is 2.15 bits per heavy atom. The van der Waals surface area contributed by atoms with Gasteiger partial charge in [-0.05, 0) is 31.4 Å². The number of halogens is 1. The van der Waals surface area contributed by atoms with Crippen molar-refractivity contribution in [2.75, 3.05) is 26.2 Å². The lowest BCUT2D eigenvalue weighted by Crippen LogP contribution is -2.51. The molecule has 5 rings (SSSR count). The van der Waals surface area contributed by atoms with E-state index in [0.717, 1.165) is 49.3 Å². The topological polar surface area (TPSA) is 58.4 Å². The molecule has 6 nitrogen and oxygen atoms in total. The first-order chi connectivity index (χ1) is 16.1. The van der Waals surface area contributed by atoms with Gasteiger partial charge in [-0.2, -0.15) is 0 Å². The molecular weight excluding hydrogens is 419 g/mol. The van der Waals surface area contributed by atoms with E-state index >= 15 is 0 Å². The molecule has 3 heterocycles. The Labute approximate surface area is 192 Å². The summed E-state index contributed by atoms with van der Waals surface area (Å²) in [6.45, 7) is 2.43. The Morgan fingerprint density at radius 1 is 0.758 bits per heavy atom. The van der Waals surface area contributed by atoms with Gasteiger partial charge >= 0.3 is 0 Å². The summed E-state index contributed by atoms with van der Waals surface area (Å²) < 4.78 is 16.3. The number of nitrogens with zero attached hydrogens (tertiary/aromatic N) is 4. The van der Waals surface area contributed by atoms with E-state index in [1.165, 1.54) is 12.1 Å². The van der Waals surface area contributed by atoms with E-state index in [1.807, 2.05) is 30.3 Å². The van der Waals surface area contributed by atoms with Crippen LogP contribution in [0.15, 0.2) is 54.6 Å². The predicted octanol–water partition coefficient (Wildman–Crippen LogP) is 4.01. The average Bonchev–Trinajstić information content (AvgIpc) is 3.04. The summed E-state index contributed by atoms with van der Waals surface area (Å²) in [5.41, 5.74) is 2.63. The fourth-order valence-corrected chi connectivity index (χ4v) is 4.77. The van der Waals surface area contributed by atoms with Crippen molar-refractivity contribution in [1.29, 1.82) is 0 Å². The van der Waals surface area contributed by atoms with Crippen LogP contribution in [0.25, 0.3) is 11.4 Å². The molecule has 0 bridgehead atoms. The zero-order chi connectivity index (χ0) is 22.8. The van der Waals surface area contributed by atoms with Gasteiger partial charge in [-0.1, -0.05) is 48.9 Å². The molecular formula is C26H27FN4O2. The number of hydrogen-bond acceptors (Lipinski definition) is 3. The monoisotopic (exact) mass is 446 g/mol. The first-order valence-electron chi connectivity index (χ1n) is 11.6. The van der Waals surface area contributed by atoms with Crippen molar-refractivity contribution in [2.45, 2.75) is 32.2 Å². The van der Waals surface area contributed by atoms with Crippen molar-refractivity contribution < 1.29 is 14.0 Å². The summed E-state index contributed by atoms with van der Waals surface area (Å²) in [4.78, 5) is 34.5. The van der Waals surface area contributed by atoms with Crippen LogP contribution >= 0.6 is 0 Å². The summed E-state index contributed by atoms with van der Waals surface area (Å²) in [5.74, 6) is -0.0809. The number of imidazole rings is 1. The van der Waals surface area contributed by atoms with Crippen LogP contribution in [0.2, 0.25) is 0 Å². The van der Waals surface area contributed by atoms with Gasteiger partial charge in [-0.25, -0.2) is 9.37 Å². The minimum atomic E-state index is -0.518. The number of benzene rings is 2. The summed E-state index contributed by atoms with van der Waals surface area (Å²) in [6, 6.07) is 16.0. The van der Waals surface area contributed by atoms with Gasteiger partial charge in [0.05, 0.1) is 11.3 Å². The lowest BCUT2D eigenvalue weighted by atomic mass is 10.1. The molecule has 0 atom stereocenters. The minimum Gasteiger partial charge on any atom is -0.335 e. The molecule has 1 saturated heterocycles. The number of hydrogen-bond donors (Lipinski definition) is 0. The highest BCUT2D eigenvalue weighted by Gasteiger charge is 2.31. The summed E-state index contributed by atoms with van der Waals surface area (Å²) in [5, 5.41) is 0. The highest BCUT2D eigenvalue weighted by molar-refractivity contribution is 5.96. The van der Waals surface area contributed by atoms with E-state index in [0.29, 0.717) is 31.9 Å². The van der Waals surface area contributed by atoms with Crippen LogP contribution in [0.4, 0.5) is 4.39 Å². The molecule has 2 amide bonds. The van der Waals surface area contributed by atoms with Gasteiger partial charge in [0.2, 0.25) is 0 Å². The average molecular weight is 447 g/mol. The van der Waals surface area contributed by atoms with Crippen molar-refractivity contribution in [3.8, 4) is 11.4 Å². The Hall–Kier alpha value is -3.48. The van der Waals surface area contributed by atoms with Gasteiger partial charge in [-0.3, -0.25) is 9.59 Å². The molecule has 1 fully saturated rings. The van der Waals surface area contributed by atoms with E-state index in [4.69, 9.17) is 4.98 Å². The zero-order valence-electron chi connectivity index (χ0n) is 18.5. The van der Waals surface area contributed by atoms with Gasteiger partial charge in [0.25, 0.3) is 11.8 Å². The molecule has 0 saturated carbocycles. The van der Waals surface area contributed by atoms with Crippen molar-refractivity contribution >= 4 is 11.8 Å². The van der Waals surface area contributed by atoms with Crippen LogP contribution in [0.3, 0.4) is 0 Å². The number of carbonyl (C=O) groups is 2. The fraction of sp³-hybridized carbons (Fsp3) is 0.346. The number of aromatic nitrogens is 2. The lowest BCUT2D eigenvalue weighted by Gasteiger charge is -2.34. The second-order valence-electron chi connectivity index (χ2n) is 8.62. The standard InChI is InChI=1S/C26H27FN4O2/c27-21-12-7-6-11-20(21)25(32)29-15-17-30(18-16-29)26(33)23-22-13-5-2-8-14-31(22)24(28-23)19-9-3-1-4-10-19/h1,3-4,6-7,9-12H,2,5,8,13-18H2. The van der Waals surface area contributed by atoms with E-state index in [2.05, 4.69) is 4.57 Å². The molecule has 0 radical (unpaired) electrons. The molecule has 7 heteroatoms. The maximum atomic E-state index is 14.0. The Bertz CT molecular complexity index is 1170. The normalized spacial score (nSPS) is 16.3. The Kier molecular flexibility index (Phi) is 5.94. The quantitative estimate of drug-likeness (QED) is 0.611. The third-order valence-electron chi connectivity index (χ3n) is 6.56.